The third-order valence-electron chi connectivity index (χ3n) is 5.94. The van der Waals surface area contributed by atoms with Crippen molar-refractivity contribution in [2.45, 2.75) is 18.9 Å². The predicted octanol–water partition coefficient (Wildman–Crippen LogP) is 3.00. The molecule has 0 spiro atoms. The van der Waals surface area contributed by atoms with Crippen LogP contribution >= 0.6 is 0 Å². The normalized spacial score (nSPS) is 19.4. The van der Waals surface area contributed by atoms with Gasteiger partial charge in [0.25, 0.3) is 11.7 Å². The van der Waals surface area contributed by atoms with Crippen molar-refractivity contribution in [3.05, 3.63) is 64.7 Å². The lowest BCUT2D eigenvalue weighted by atomic mass is 9.94. The summed E-state index contributed by atoms with van der Waals surface area (Å²) < 4.78 is 11.1. The highest BCUT2D eigenvalue weighted by Crippen LogP contribution is 2.43. The smallest absolute Gasteiger partial charge is 0.295 e. The molecule has 1 fully saturated rings. The highest BCUT2D eigenvalue weighted by Gasteiger charge is 2.46. The number of carbonyl (C=O) groups is 2. The first kappa shape index (κ1) is 21.9. The van der Waals surface area contributed by atoms with Gasteiger partial charge in [-0.2, -0.15) is 0 Å². The van der Waals surface area contributed by atoms with Crippen LogP contribution in [0.5, 0.6) is 11.5 Å². The molecule has 0 radical (unpaired) electrons. The van der Waals surface area contributed by atoms with E-state index in [0.29, 0.717) is 36.4 Å². The van der Waals surface area contributed by atoms with Crippen molar-refractivity contribution in [3.63, 3.8) is 0 Å². The maximum Gasteiger partial charge on any atom is 0.295 e. The summed E-state index contributed by atoms with van der Waals surface area (Å²) in [6.45, 7) is 1.75. The molecule has 168 valence electrons. The van der Waals surface area contributed by atoms with Crippen LogP contribution in [-0.4, -0.2) is 67.5 Å². The molecule has 2 aromatic carbocycles. The Morgan fingerprint density at radius 1 is 1.22 bits per heavy atom. The van der Waals surface area contributed by atoms with E-state index < -0.39 is 17.7 Å². The van der Waals surface area contributed by atoms with Crippen LogP contribution in [0, 0.1) is 0 Å². The lowest BCUT2D eigenvalue weighted by Crippen LogP contribution is -2.32. The zero-order valence-corrected chi connectivity index (χ0v) is 18.6. The minimum Gasteiger partial charge on any atom is -0.507 e. The van der Waals surface area contributed by atoms with E-state index in [9.17, 15) is 14.7 Å². The summed E-state index contributed by atoms with van der Waals surface area (Å²) in [5.74, 6) is -0.119. The fourth-order valence-electron chi connectivity index (χ4n) is 4.37. The number of methoxy groups -OCH3 is 1. The van der Waals surface area contributed by atoms with E-state index >= 15 is 0 Å². The van der Waals surface area contributed by atoms with Gasteiger partial charge in [-0.15, -0.1) is 0 Å². The van der Waals surface area contributed by atoms with E-state index in [1.165, 1.54) is 0 Å². The Balaban J connectivity index is 1.82. The number of amides is 1. The van der Waals surface area contributed by atoms with Crippen LogP contribution in [-0.2, 0) is 16.0 Å². The first-order valence-electron chi connectivity index (χ1n) is 10.7. The zero-order valence-electron chi connectivity index (χ0n) is 18.6. The van der Waals surface area contributed by atoms with Gasteiger partial charge in [-0.1, -0.05) is 18.2 Å². The maximum absolute atomic E-state index is 13.2. The molecule has 1 saturated heterocycles. The lowest BCUT2D eigenvalue weighted by molar-refractivity contribution is -0.140. The SMILES string of the molecule is COc1ccccc1C1/C(=C(\O)c2ccc3c(c2)CCO3)C(=O)C(=O)N1CCCN(C)C. The van der Waals surface area contributed by atoms with Crippen LogP contribution in [0.4, 0.5) is 0 Å². The second-order valence-electron chi connectivity index (χ2n) is 8.31. The van der Waals surface area contributed by atoms with Gasteiger partial charge in [0, 0.05) is 24.1 Å². The molecule has 7 heteroatoms. The molecular weight excluding hydrogens is 408 g/mol. The Kier molecular flexibility index (Phi) is 6.19. The Labute approximate surface area is 187 Å². The highest BCUT2D eigenvalue weighted by molar-refractivity contribution is 6.46. The molecule has 0 bridgehead atoms. The number of aliphatic hydroxyl groups is 1. The molecule has 7 nitrogen and oxygen atoms in total. The number of hydrogen-bond acceptors (Lipinski definition) is 6. The fourth-order valence-corrected chi connectivity index (χ4v) is 4.37. The molecule has 1 N–H and O–H groups in total. The van der Waals surface area contributed by atoms with Crippen LogP contribution in [0.2, 0.25) is 0 Å². The molecule has 32 heavy (non-hydrogen) atoms. The van der Waals surface area contributed by atoms with Gasteiger partial charge in [-0.05, 0) is 56.9 Å². The third-order valence-corrected chi connectivity index (χ3v) is 5.94. The fraction of sp³-hybridized carbons (Fsp3) is 0.360. The molecule has 0 aliphatic carbocycles. The summed E-state index contributed by atoms with van der Waals surface area (Å²) in [5.41, 5.74) is 2.23. The molecule has 1 amide bonds. The second kappa shape index (κ2) is 9.04. The number of benzene rings is 2. The van der Waals surface area contributed by atoms with E-state index in [-0.39, 0.29) is 11.3 Å². The second-order valence-corrected chi connectivity index (χ2v) is 8.31. The Morgan fingerprint density at radius 2 is 2.00 bits per heavy atom. The van der Waals surface area contributed by atoms with Gasteiger partial charge in [-0.25, -0.2) is 0 Å². The molecule has 1 atom stereocenters. The lowest BCUT2D eigenvalue weighted by Gasteiger charge is -2.27. The van der Waals surface area contributed by atoms with Crippen molar-refractivity contribution in [2.75, 3.05) is 40.9 Å². The number of para-hydroxylation sites is 1. The number of hydrogen-bond donors (Lipinski definition) is 1. The molecule has 2 aromatic rings. The van der Waals surface area contributed by atoms with E-state index in [0.717, 1.165) is 24.3 Å². The topological polar surface area (TPSA) is 79.3 Å². The molecule has 4 rings (SSSR count). The van der Waals surface area contributed by atoms with Gasteiger partial charge in [0.05, 0.1) is 25.3 Å². The van der Waals surface area contributed by atoms with Gasteiger partial charge in [0.15, 0.2) is 0 Å². The van der Waals surface area contributed by atoms with Crippen molar-refractivity contribution < 1.29 is 24.2 Å². The molecule has 1 unspecified atom stereocenters. The number of rotatable bonds is 7. The van der Waals surface area contributed by atoms with Gasteiger partial charge in [0.2, 0.25) is 0 Å². The van der Waals surface area contributed by atoms with Gasteiger partial charge in [0.1, 0.15) is 17.3 Å². The van der Waals surface area contributed by atoms with E-state index in [1.54, 1.807) is 30.2 Å². The summed E-state index contributed by atoms with van der Waals surface area (Å²) in [6.07, 6.45) is 1.44. The van der Waals surface area contributed by atoms with E-state index in [4.69, 9.17) is 9.47 Å². The number of fused-ring (bicyclic) bond motifs is 1. The summed E-state index contributed by atoms with van der Waals surface area (Å²) in [4.78, 5) is 29.8. The molecular formula is C25H28N2O5. The van der Waals surface area contributed by atoms with Crippen molar-refractivity contribution >= 4 is 17.4 Å². The zero-order chi connectivity index (χ0) is 22.8. The predicted molar refractivity (Wildman–Crippen MR) is 121 cm³/mol. The minimum absolute atomic E-state index is 0.0863. The van der Waals surface area contributed by atoms with Gasteiger partial charge < -0.3 is 24.4 Å². The summed E-state index contributed by atoms with van der Waals surface area (Å²) >= 11 is 0. The summed E-state index contributed by atoms with van der Waals surface area (Å²) in [7, 11) is 5.48. The first-order chi connectivity index (χ1) is 15.4. The monoisotopic (exact) mass is 436 g/mol. The van der Waals surface area contributed by atoms with Crippen molar-refractivity contribution in [1.29, 1.82) is 0 Å². The number of carbonyl (C=O) groups excluding carboxylic acids is 2. The van der Waals surface area contributed by atoms with Crippen LogP contribution in [0.3, 0.4) is 0 Å². The summed E-state index contributed by atoms with van der Waals surface area (Å²) in [6, 6.07) is 11.9. The Morgan fingerprint density at radius 3 is 2.75 bits per heavy atom. The average Bonchev–Trinajstić information content (AvgIpc) is 3.36. The molecule has 0 saturated carbocycles. The standard InChI is InChI=1S/C25H28N2O5/c1-26(2)12-6-13-27-22(18-7-4-5-8-20(18)31-3)21(24(29)25(27)30)23(28)17-9-10-19-16(15-17)11-14-32-19/h4-5,7-10,15,22,28H,6,11-14H2,1-3H3/b23-21+. The Bertz CT molecular complexity index is 1080. The number of nitrogens with zero attached hydrogens (tertiary/aromatic N) is 2. The number of Topliss-reactive ketones (excluding diaryl/α,β-unsaturated/α-hetero) is 1. The van der Waals surface area contributed by atoms with Gasteiger partial charge in [-0.3, -0.25) is 9.59 Å². The van der Waals surface area contributed by atoms with Gasteiger partial charge >= 0.3 is 0 Å². The molecule has 2 heterocycles. The molecule has 2 aliphatic rings. The molecule has 2 aliphatic heterocycles. The van der Waals surface area contributed by atoms with E-state index in [2.05, 4.69) is 0 Å². The largest absolute Gasteiger partial charge is 0.507 e. The number of aliphatic hydroxyl groups excluding tert-OH is 1. The molecule has 0 aromatic heterocycles. The average molecular weight is 437 g/mol. The van der Waals surface area contributed by atoms with E-state index in [1.807, 2.05) is 43.3 Å². The van der Waals surface area contributed by atoms with Crippen molar-refractivity contribution in [3.8, 4) is 11.5 Å². The summed E-state index contributed by atoms with van der Waals surface area (Å²) in [5, 5.41) is 11.3. The van der Waals surface area contributed by atoms with Crippen molar-refractivity contribution in [2.24, 2.45) is 0 Å². The maximum atomic E-state index is 13.2. The third kappa shape index (κ3) is 3.96. The van der Waals surface area contributed by atoms with Crippen LogP contribution in [0.15, 0.2) is 48.0 Å². The van der Waals surface area contributed by atoms with Crippen LogP contribution in [0.1, 0.15) is 29.2 Å². The first-order valence-corrected chi connectivity index (χ1v) is 10.7. The number of ketones is 1. The highest BCUT2D eigenvalue weighted by atomic mass is 16.5. The quantitative estimate of drug-likeness (QED) is 0.408. The minimum atomic E-state index is -0.724. The van der Waals surface area contributed by atoms with Crippen LogP contribution < -0.4 is 9.47 Å². The number of ether oxygens (including phenoxy) is 2. The van der Waals surface area contributed by atoms with Crippen LogP contribution in [0.25, 0.3) is 5.76 Å². The number of likely N-dealkylation sites (tertiary alicyclic amines) is 1. The Hall–Kier alpha value is -3.32. The van der Waals surface area contributed by atoms with Crippen molar-refractivity contribution in [1.82, 2.24) is 9.80 Å².